The lowest BCUT2D eigenvalue weighted by Crippen LogP contribution is -2.42. The summed E-state index contributed by atoms with van der Waals surface area (Å²) in [7, 11) is 0. The Bertz CT molecular complexity index is 739. The molecule has 0 aliphatic carbocycles. The second-order valence-corrected chi connectivity index (χ2v) is 7.74. The third kappa shape index (κ3) is 3.81. The van der Waals surface area contributed by atoms with Crippen LogP contribution in [0.4, 0.5) is 5.69 Å². The van der Waals surface area contributed by atoms with Crippen LogP contribution >= 0.6 is 0 Å². The van der Waals surface area contributed by atoms with Crippen molar-refractivity contribution in [3.8, 4) is 5.75 Å². The number of hydrogen-bond donors (Lipinski definition) is 1. The zero-order chi connectivity index (χ0) is 18.9. The number of nitrogens with zero attached hydrogens (tertiary/aromatic N) is 2. The van der Waals surface area contributed by atoms with Crippen molar-refractivity contribution in [3.05, 3.63) is 23.8 Å². The van der Waals surface area contributed by atoms with Crippen molar-refractivity contribution in [1.29, 1.82) is 0 Å². The number of fused-ring (bicyclic) bond motifs is 1. The van der Waals surface area contributed by atoms with E-state index in [4.69, 9.17) is 4.74 Å². The van der Waals surface area contributed by atoms with Crippen LogP contribution in [0.25, 0.3) is 0 Å². The first-order valence-corrected chi connectivity index (χ1v) is 8.91. The number of hydrogen-bond acceptors (Lipinski definition) is 4. The first-order valence-electron chi connectivity index (χ1n) is 8.91. The summed E-state index contributed by atoms with van der Waals surface area (Å²) in [6, 6.07) is 5.06. The third-order valence-corrected chi connectivity index (χ3v) is 4.57. The van der Waals surface area contributed by atoms with Crippen molar-refractivity contribution in [2.24, 2.45) is 5.41 Å². The number of carbonyl (C=O) groups is 3. The molecule has 2 aliphatic rings. The van der Waals surface area contributed by atoms with Crippen LogP contribution < -0.4 is 10.1 Å². The lowest BCUT2D eigenvalue weighted by molar-refractivity contribution is -0.139. The van der Waals surface area contributed by atoms with Gasteiger partial charge in [0, 0.05) is 37.2 Å². The van der Waals surface area contributed by atoms with Gasteiger partial charge in [-0.3, -0.25) is 14.4 Å². The molecule has 0 aromatic heterocycles. The molecule has 26 heavy (non-hydrogen) atoms. The molecule has 7 nitrogen and oxygen atoms in total. The molecule has 0 unspecified atom stereocenters. The maximum Gasteiger partial charge on any atom is 0.262 e. The fourth-order valence-electron chi connectivity index (χ4n) is 3.20. The molecule has 1 fully saturated rings. The quantitative estimate of drug-likeness (QED) is 0.828. The number of nitrogens with one attached hydrogen (secondary N) is 1. The first kappa shape index (κ1) is 18.2. The minimum absolute atomic E-state index is 0.00986. The van der Waals surface area contributed by atoms with Crippen LogP contribution in [0.3, 0.4) is 0 Å². The van der Waals surface area contributed by atoms with E-state index in [0.717, 1.165) is 6.42 Å². The molecular formula is C19H25N3O4. The van der Waals surface area contributed by atoms with Gasteiger partial charge in [0.1, 0.15) is 5.75 Å². The first-order chi connectivity index (χ1) is 12.3. The van der Waals surface area contributed by atoms with E-state index in [9.17, 15) is 14.4 Å². The normalized spacial score (nSPS) is 17.7. The zero-order valence-electron chi connectivity index (χ0n) is 15.5. The number of rotatable bonds is 1. The highest BCUT2D eigenvalue weighted by Gasteiger charge is 2.30. The van der Waals surface area contributed by atoms with E-state index in [2.05, 4.69) is 5.32 Å². The van der Waals surface area contributed by atoms with E-state index in [1.807, 2.05) is 25.7 Å². The van der Waals surface area contributed by atoms with E-state index < -0.39 is 5.41 Å². The molecule has 1 saturated heterocycles. The monoisotopic (exact) mass is 359 g/mol. The van der Waals surface area contributed by atoms with Crippen molar-refractivity contribution in [2.75, 3.05) is 38.1 Å². The average Bonchev–Trinajstić information content (AvgIpc) is 2.85. The van der Waals surface area contributed by atoms with Crippen LogP contribution in [0.2, 0.25) is 0 Å². The van der Waals surface area contributed by atoms with Gasteiger partial charge in [-0.1, -0.05) is 20.8 Å². The standard InChI is InChI=1S/C19H25N3O4/c1-19(2,3)18(25)22-8-4-7-21(9-10-22)17(24)13-5-6-15-14(11-13)20-16(23)12-26-15/h5-6,11H,4,7-10,12H2,1-3H3,(H,20,23). The van der Waals surface area contributed by atoms with Crippen LogP contribution in [-0.4, -0.2) is 60.3 Å². The molecule has 0 spiro atoms. The van der Waals surface area contributed by atoms with Crippen LogP contribution in [0.15, 0.2) is 18.2 Å². The maximum atomic E-state index is 12.9. The Morgan fingerprint density at radius 2 is 1.77 bits per heavy atom. The Labute approximate surface area is 153 Å². The average molecular weight is 359 g/mol. The van der Waals surface area contributed by atoms with Crippen molar-refractivity contribution in [3.63, 3.8) is 0 Å². The fourth-order valence-corrected chi connectivity index (χ4v) is 3.20. The number of amides is 3. The van der Waals surface area contributed by atoms with Gasteiger partial charge in [-0.05, 0) is 24.6 Å². The summed E-state index contributed by atoms with van der Waals surface area (Å²) in [5.74, 6) is 0.352. The fraction of sp³-hybridized carbons (Fsp3) is 0.526. The molecule has 1 N–H and O–H groups in total. The van der Waals surface area contributed by atoms with Crippen LogP contribution in [0.1, 0.15) is 37.6 Å². The van der Waals surface area contributed by atoms with Gasteiger partial charge >= 0.3 is 0 Å². The molecule has 1 aromatic rings. The highest BCUT2D eigenvalue weighted by Crippen LogP contribution is 2.29. The van der Waals surface area contributed by atoms with Gasteiger partial charge in [-0.2, -0.15) is 0 Å². The van der Waals surface area contributed by atoms with E-state index >= 15 is 0 Å². The summed E-state index contributed by atoms with van der Waals surface area (Å²) in [5, 5.41) is 2.72. The molecule has 2 aliphatic heterocycles. The maximum absolute atomic E-state index is 12.9. The predicted molar refractivity (Wildman–Crippen MR) is 97.1 cm³/mol. The molecule has 0 saturated carbocycles. The van der Waals surface area contributed by atoms with Gasteiger partial charge in [0.25, 0.3) is 11.8 Å². The summed E-state index contributed by atoms with van der Waals surface area (Å²) in [4.78, 5) is 40.4. The van der Waals surface area contributed by atoms with Crippen molar-refractivity contribution < 1.29 is 19.1 Å². The molecule has 0 bridgehead atoms. The smallest absolute Gasteiger partial charge is 0.262 e. The van der Waals surface area contributed by atoms with Crippen molar-refractivity contribution in [2.45, 2.75) is 27.2 Å². The van der Waals surface area contributed by atoms with Gasteiger partial charge in [0.05, 0.1) is 5.69 Å². The molecule has 3 rings (SSSR count). The molecule has 0 atom stereocenters. The van der Waals surface area contributed by atoms with Gasteiger partial charge in [-0.15, -0.1) is 0 Å². The summed E-state index contributed by atoms with van der Waals surface area (Å²) < 4.78 is 5.33. The summed E-state index contributed by atoms with van der Waals surface area (Å²) in [6.45, 7) is 8.02. The van der Waals surface area contributed by atoms with Crippen LogP contribution in [0.5, 0.6) is 5.75 Å². The van der Waals surface area contributed by atoms with Crippen LogP contribution in [0, 0.1) is 5.41 Å². The highest BCUT2D eigenvalue weighted by atomic mass is 16.5. The Hall–Kier alpha value is -2.57. The Kier molecular flexibility index (Phi) is 4.89. The Morgan fingerprint density at radius 3 is 2.50 bits per heavy atom. The third-order valence-electron chi connectivity index (χ3n) is 4.57. The van der Waals surface area contributed by atoms with Gasteiger partial charge in [-0.25, -0.2) is 0 Å². The minimum atomic E-state index is -0.421. The van der Waals surface area contributed by atoms with E-state index in [-0.39, 0.29) is 24.3 Å². The minimum Gasteiger partial charge on any atom is -0.482 e. The van der Waals surface area contributed by atoms with E-state index in [1.54, 1.807) is 23.1 Å². The van der Waals surface area contributed by atoms with Gasteiger partial charge in [0.15, 0.2) is 6.61 Å². The number of anilines is 1. The van der Waals surface area contributed by atoms with Crippen molar-refractivity contribution in [1.82, 2.24) is 9.80 Å². The molecule has 7 heteroatoms. The largest absolute Gasteiger partial charge is 0.482 e. The number of benzene rings is 1. The highest BCUT2D eigenvalue weighted by molar-refractivity contribution is 5.99. The van der Waals surface area contributed by atoms with E-state index in [0.29, 0.717) is 43.2 Å². The topological polar surface area (TPSA) is 79.0 Å². The second kappa shape index (κ2) is 6.97. The summed E-state index contributed by atoms with van der Waals surface area (Å²) in [6.07, 6.45) is 0.748. The predicted octanol–water partition coefficient (Wildman–Crippen LogP) is 1.74. The lowest BCUT2D eigenvalue weighted by atomic mass is 9.94. The number of carbonyl (C=O) groups excluding carboxylic acids is 3. The lowest BCUT2D eigenvalue weighted by Gasteiger charge is -2.28. The van der Waals surface area contributed by atoms with Crippen LogP contribution in [-0.2, 0) is 9.59 Å². The zero-order valence-corrected chi connectivity index (χ0v) is 15.5. The molecule has 140 valence electrons. The number of ether oxygens (including phenoxy) is 1. The molecular weight excluding hydrogens is 334 g/mol. The van der Waals surface area contributed by atoms with E-state index in [1.165, 1.54) is 0 Å². The molecule has 0 radical (unpaired) electrons. The summed E-state index contributed by atoms with van der Waals surface area (Å²) in [5.41, 5.74) is 0.604. The Morgan fingerprint density at radius 1 is 1.08 bits per heavy atom. The molecule has 1 aromatic carbocycles. The van der Waals surface area contributed by atoms with Gasteiger partial charge in [0.2, 0.25) is 5.91 Å². The molecule has 3 amide bonds. The SMILES string of the molecule is CC(C)(C)C(=O)N1CCCN(C(=O)c2ccc3c(c2)NC(=O)CO3)CC1. The summed E-state index contributed by atoms with van der Waals surface area (Å²) >= 11 is 0. The Balaban J connectivity index is 1.70. The second-order valence-electron chi connectivity index (χ2n) is 7.74. The molecule has 2 heterocycles. The van der Waals surface area contributed by atoms with Crippen molar-refractivity contribution >= 4 is 23.4 Å². The van der Waals surface area contributed by atoms with Gasteiger partial charge < -0.3 is 19.9 Å².